The number of carbonyl (C=O) groups excluding carboxylic acids is 1. The SMILES string of the molecule is C#CCCC1(CCNC(=O)c2cccc(N3CCCNS3(=O)=O)c2)N=N1. The molecule has 1 fully saturated rings. The van der Waals surface area contributed by atoms with Gasteiger partial charge in [-0.15, -0.1) is 12.3 Å². The molecule has 2 aliphatic heterocycles. The minimum absolute atomic E-state index is 0.262. The molecule has 0 radical (unpaired) electrons. The van der Waals surface area contributed by atoms with E-state index >= 15 is 0 Å². The van der Waals surface area contributed by atoms with Crippen LogP contribution in [0.4, 0.5) is 5.69 Å². The lowest BCUT2D eigenvalue weighted by Gasteiger charge is -2.28. The predicted molar refractivity (Wildman–Crippen MR) is 97.9 cm³/mol. The van der Waals surface area contributed by atoms with E-state index in [9.17, 15) is 13.2 Å². The van der Waals surface area contributed by atoms with Crippen LogP contribution in [0, 0.1) is 12.3 Å². The van der Waals surface area contributed by atoms with Crippen molar-refractivity contribution in [3.05, 3.63) is 29.8 Å². The molecule has 0 aliphatic carbocycles. The third-order valence-corrected chi connectivity index (χ3v) is 5.92. The van der Waals surface area contributed by atoms with Gasteiger partial charge in [-0.1, -0.05) is 6.07 Å². The first-order valence-electron chi connectivity index (χ1n) is 8.49. The lowest BCUT2D eigenvalue weighted by atomic mass is 10.0. The average molecular weight is 375 g/mol. The standard InChI is InChI=1S/C17H21N5O3S/c1-2-3-8-17(20-21-17)9-11-18-16(23)14-6-4-7-15(13-14)22-12-5-10-19-26(22,24)25/h1,4,6-7,13,19H,3,5,8-12H2,(H,18,23). The second kappa shape index (κ2) is 7.43. The quantitative estimate of drug-likeness (QED) is 0.705. The zero-order chi connectivity index (χ0) is 18.6. The van der Waals surface area contributed by atoms with Gasteiger partial charge in [-0.2, -0.15) is 23.4 Å². The van der Waals surface area contributed by atoms with Crippen molar-refractivity contribution in [2.75, 3.05) is 23.9 Å². The Morgan fingerprint density at radius 2 is 2.19 bits per heavy atom. The van der Waals surface area contributed by atoms with Gasteiger partial charge in [0.2, 0.25) is 0 Å². The Hall–Kier alpha value is -2.44. The van der Waals surface area contributed by atoms with E-state index in [0.29, 0.717) is 56.6 Å². The van der Waals surface area contributed by atoms with E-state index in [1.54, 1.807) is 24.3 Å². The van der Waals surface area contributed by atoms with Crippen LogP contribution in [0.25, 0.3) is 0 Å². The Labute approximate surface area is 153 Å². The summed E-state index contributed by atoms with van der Waals surface area (Å²) in [5.41, 5.74) is 0.447. The number of amides is 1. The van der Waals surface area contributed by atoms with E-state index in [4.69, 9.17) is 6.42 Å². The summed E-state index contributed by atoms with van der Waals surface area (Å²) in [7, 11) is -3.55. The molecule has 0 spiro atoms. The van der Waals surface area contributed by atoms with Gasteiger partial charge in [-0.25, -0.2) is 0 Å². The smallest absolute Gasteiger partial charge is 0.301 e. The maximum absolute atomic E-state index is 12.4. The Morgan fingerprint density at radius 1 is 1.38 bits per heavy atom. The van der Waals surface area contributed by atoms with Gasteiger partial charge in [0.05, 0.1) is 5.69 Å². The highest BCUT2D eigenvalue weighted by atomic mass is 32.2. The van der Waals surface area contributed by atoms with Gasteiger partial charge in [-0.3, -0.25) is 9.10 Å². The van der Waals surface area contributed by atoms with Crippen molar-refractivity contribution in [3.8, 4) is 12.3 Å². The van der Waals surface area contributed by atoms with Crippen molar-refractivity contribution in [1.82, 2.24) is 10.0 Å². The molecule has 2 heterocycles. The van der Waals surface area contributed by atoms with Gasteiger partial charge in [-0.05, 0) is 24.6 Å². The van der Waals surface area contributed by atoms with Crippen LogP contribution < -0.4 is 14.3 Å². The number of hydrogen-bond acceptors (Lipinski definition) is 5. The van der Waals surface area contributed by atoms with Gasteiger partial charge in [0.25, 0.3) is 5.91 Å². The van der Waals surface area contributed by atoms with Gasteiger partial charge in [0.15, 0.2) is 5.66 Å². The highest BCUT2D eigenvalue weighted by Crippen LogP contribution is 2.36. The number of nitrogens with one attached hydrogen (secondary N) is 2. The molecule has 0 atom stereocenters. The minimum atomic E-state index is -3.55. The fraction of sp³-hybridized carbons (Fsp3) is 0.471. The third-order valence-electron chi connectivity index (χ3n) is 4.37. The summed E-state index contributed by atoms with van der Waals surface area (Å²) < 4.78 is 28.0. The molecule has 1 aromatic rings. The first-order valence-corrected chi connectivity index (χ1v) is 9.93. The number of carbonyl (C=O) groups is 1. The van der Waals surface area contributed by atoms with Crippen LogP contribution in [0.5, 0.6) is 0 Å². The number of anilines is 1. The van der Waals surface area contributed by atoms with E-state index in [-0.39, 0.29) is 5.91 Å². The summed E-state index contributed by atoms with van der Waals surface area (Å²) >= 11 is 0. The molecule has 0 saturated carbocycles. The van der Waals surface area contributed by atoms with Gasteiger partial charge < -0.3 is 5.32 Å². The normalized spacial score (nSPS) is 19.6. The maximum Gasteiger partial charge on any atom is 0.301 e. The molecule has 0 bridgehead atoms. The molecular formula is C17H21N5O3S. The first-order chi connectivity index (χ1) is 12.5. The number of nitrogens with zero attached hydrogens (tertiary/aromatic N) is 3. The van der Waals surface area contributed by atoms with E-state index < -0.39 is 15.9 Å². The largest absolute Gasteiger partial charge is 0.352 e. The zero-order valence-corrected chi connectivity index (χ0v) is 15.1. The van der Waals surface area contributed by atoms with Crippen LogP contribution in [-0.2, 0) is 10.2 Å². The molecule has 8 nitrogen and oxygen atoms in total. The molecule has 9 heteroatoms. The van der Waals surface area contributed by atoms with Crippen molar-refractivity contribution < 1.29 is 13.2 Å². The predicted octanol–water partition coefficient (Wildman–Crippen LogP) is 1.43. The van der Waals surface area contributed by atoms with Crippen molar-refractivity contribution in [2.24, 2.45) is 10.2 Å². The fourth-order valence-corrected chi connectivity index (χ4v) is 4.16. The highest BCUT2D eigenvalue weighted by Gasteiger charge is 2.38. The van der Waals surface area contributed by atoms with Crippen LogP contribution in [0.3, 0.4) is 0 Å². The van der Waals surface area contributed by atoms with Crippen LogP contribution in [0.1, 0.15) is 36.0 Å². The number of terminal acetylenes is 1. The van der Waals surface area contributed by atoms with Crippen molar-refractivity contribution in [3.63, 3.8) is 0 Å². The van der Waals surface area contributed by atoms with E-state index in [0.717, 1.165) is 0 Å². The number of benzene rings is 1. The summed E-state index contributed by atoms with van der Waals surface area (Å²) in [6.45, 7) is 1.24. The van der Waals surface area contributed by atoms with Crippen molar-refractivity contribution in [1.29, 1.82) is 0 Å². The van der Waals surface area contributed by atoms with Gasteiger partial charge in [0.1, 0.15) is 0 Å². The van der Waals surface area contributed by atoms with Crippen LogP contribution in [0.2, 0.25) is 0 Å². The average Bonchev–Trinajstić information content (AvgIpc) is 3.40. The summed E-state index contributed by atoms with van der Waals surface area (Å²) in [6.07, 6.45) is 7.86. The second-order valence-electron chi connectivity index (χ2n) is 6.27. The first kappa shape index (κ1) is 18.4. The van der Waals surface area contributed by atoms with Gasteiger partial charge >= 0.3 is 10.2 Å². The summed E-state index contributed by atoms with van der Waals surface area (Å²) in [5.74, 6) is 2.30. The highest BCUT2D eigenvalue weighted by molar-refractivity contribution is 7.90. The molecule has 2 aliphatic rings. The molecule has 138 valence electrons. The molecule has 1 saturated heterocycles. The molecule has 0 unspecified atom stereocenters. The number of hydrogen-bond donors (Lipinski definition) is 2. The molecule has 3 rings (SSSR count). The molecular weight excluding hydrogens is 354 g/mol. The summed E-state index contributed by atoms with van der Waals surface area (Å²) in [4.78, 5) is 12.4. The summed E-state index contributed by atoms with van der Waals surface area (Å²) in [5, 5.41) is 10.9. The van der Waals surface area contributed by atoms with Crippen molar-refractivity contribution >= 4 is 21.8 Å². The Balaban J connectivity index is 1.59. The Kier molecular flexibility index (Phi) is 5.25. The van der Waals surface area contributed by atoms with E-state index in [2.05, 4.69) is 26.2 Å². The Bertz CT molecular complexity index is 853. The van der Waals surface area contributed by atoms with E-state index in [1.807, 2.05) is 0 Å². The zero-order valence-electron chi connectivity index (χ0n) is 14.3. The molecule has 2 N–H and O–H groups in total. The molecule has 0 aromatic heterocycles. The maximum atomic E-state index is 12.4. The van der Waals surface area contributed by atoms with E-state index in [1.165, 1.54) is 4.31 Å². The monoisotopic (exact) mass is 375 g/mol. The summed E-state index contributed by atoms with van der Waals surface area (Å²) in [6, 6.07) is 6.59. The topological polar surface area (TPSA) is 103 Å². The van der Waals surface area contributed by atoms with Crippen LogP contribution in [0.15, 0.2) is 34.5 Å². The third kappa shape index (κ3) is 4.20. The van der Waals surface area contributed by atoms with Gasteiger partial charge in [0, 0.05) is 44.5 Å². The second-order valence-corrected chi connectivity index (χ2v) is 7.95. The lowest BCUT2D eigenvalue weighted by molar-refractivity contribution is 0.0952. The van der Waals surface area contributed by atoms with Crippen molar-refractivity contribution in [2.45, 2.75) is 31.3 Å². The van der Waals surface area contributed by atoms with Crippen LogP contribution >= 0.6 is 0 Å². The molecule has 1 amide bonds. The lowest BCUT2D eigenvalue weighted by Crippen LogP contribution is -2.47. The fourth-order valence-electron chi connectivity index (χ4n) is 2.84. The minimum Gasteiger partial charge on any atom is -0.352 e. The van der Waals surface area contributed by atoms with Crippen LogP contribution in [-0.4, -0.2) is 39.6 Å². The molecule has 26 heavy (non-hydrogen) atoms. The molecule has 1 aromatic carbocycles. The number of rotatable bonds is 7. The Morgan fingerprint density at radius 3 is 2.88 bits per heavy atom.